The van der Waals surface area contributed by atoms with E-state index in [1.807, 2.05) is 12.1 Å². The third-order valence-corrected chi connectivity index (χ3v) is 2.55. The van der Waals surface area contributed by atoms with Crippen molar-refractivity contribution in [2.24, 2.45) is 0 Å². The number of carbonyl (C=O) groups is 1. The van der Waals surface area contributed by atoms with Gasteiger partial charge in [0, 0.05) is 0 Å². The Bertz CT molecular complexity index is 330. The first kappa shape index (κ1) is 13.6. The monoisotopic (exact) mass is 236 g/mol. The number of unbranched alkanes of at least 4 members (excludes halogenated alkanes) is 3. The van der Waals surface area contributed by atoms with Crippen molar-refractivity contribution < 1.29 is 14.6 Å². The Morgan fingerprint density at radius 3 is 2.47 bits per heavy atom. The molecular weight excluding hydrogens is 216 g/mol. The molecule has 1 rings (SSSR count). The molecule has 0 spiro atoms. The zero-order valence-electron chi connectivity index (χ0n) is 10.3. The first-order chi connectivity index (χ1) is 8.22. The Morgan fingerprint density at radius 1 is 1.18 bits per heavy atom. The first-order valence-electron chi connectivity index (χ1n) is 6.16. The van der Waals surface area contributed by atoms with Gasteiger partial charge in [0.15, 0.2) is 0 Å². The Morgan fingerprint density at radius 2 is 1.88 bits per heavy atom. The summed E-state index contributed by atoms with van der Waals surface area (Å²) in [5, 5.41) is 8.63. The highest BCUT2D eigenvalue weighted by molar-refractivity contribution is 5.70. The van der Waals surface area contributed by atoms with E-state index < -0.39 is 5.97 Å². The number of carboxylic acid groups (broad SMARTS) is 1. The van der Waals surface area contributed by atoms with E-state index in [-0.39, 0.29) is 6.42 Å². The van der Waals surface area contributed by atoms with E-state index in [0.717, 1.165) is 24.3 Å². The predicted molar refractivity (Wildman–Crippen MR) is 67.4 cm³/mol. The molecule has 3 heteroatoms. The molecule has 0 aromatic heterocycles. The van der Waals surface area contributed by atoms with Crippen LogP contribution >= 0.6 is 0 Å². The highest BCUT2D eigenvalue weighted by Gasteiger charge is 2.00. The molecule has 3 nitrogen and oxygen atoms in total. The summed E-state index contributed by atoms with van der Waals surface area (Å²) < 4.78 is 5.57. The fourth-order valence-electron chi connectivity index (χ4n) is 1.60. The van der Waals surface area contributed by atoms with Crippen LogP contribution in [0.4, 0.5) is 0 Å². The molecule has 1 aromatic rings. The molecule has 1 N–H and O–H groups in total. The van der Waals surface area contributed by atoms with Crippen LogP contribution in [-0.2, 0) is 11.2 Å². The van der Waals surface area contributed by atoms with Crippen LogP contribution in [0.2, 0.25) is 0 Å². The largest absolute Gasteiger partial charge is 0.494 e. The van der Waals surface area contributed by atoms with E-state index in [1.54, 1.807) is 12.1 Å². The molecule has 0 amide bonds. The number of rotatable bonds is 8. The molecule has 0 aliphatic heterocycles. The average Bonchev–Trinajstić information content (AvgIpc) is 2.30. The molecule has 94 valence electrons. The zero-order chi connectivity index (χ0) is 12.5. The molecule has 0 aliphatic rings. The predicted octanol–water partition coefficient (Wildman–Crippen LogP) is 3.27. The lowest BCUT2D eigenvalue weighted by Gasteiger charge is -2.06. The molecule has 17 heavy (non-hydrogen) atoms. The van der Waals surface area contributed by atoms with Crippen molar-refractivity contribution in [2.45, 2.75) is 39.0 Å². The summed E-state index contributed by atoms with van der Waals surface area (Å²) in [6.45, 7) is 2.92. The molecule has 0 radical (unpaired) electrons. The molecule has 0 saturated carbocycles. The highest BCUT2D eigenvalue weighted by atomic mass is 16.5. The second-order valence-electron chi connectivity index (χ2n) is 4.12. The van der Waals surface area contributed by atoms with Gasteiger partial charge in [-0.25, -0.2) is 0 Å². The van der Waals surface area contributed by atoms with Crippen LogP contribution in [0.3, 0.4) is 0 Å². The Labute approximate surface area is 102 Å². The van der Waals surface area contributed by atoms with Gasteiger partial charge >= 0.3 is 5.97 Å². The van der Waals surface area contributed by atoms with Crippen molar-refractivity contribution in [3.63, 3.8) is 0 Å². The minimum atomic E-state index is -0.807. The Balaban J connectivity index is 2.28. The van der Waals surface area contributed by atoms with Crippen LogP contribution in [0, 0.1) is 0 Å². The van der Waals surface area contributed by atoms with Crippen LogP contribution in [0.1, 0.15) is 38.2 Å². The average molecular weight is 236 g/mol. The van der Waals surface area contributed by atoms with Gasteiger partial charge in [-0.2, -0.15) is 0 Å². The minimum Gasteiger partial charge on any atom is -0.494 e. The van der Waals surface area contributed by atoms with Crippen molar-refractivity contribution in [3.05, 3.63) is 29.8 Å². The summed E-state index contributed by atoms with van der Waals surface area (Å²) in [5.41, 5.74) is 0.802. The maximum absolute atomic E-state index is 10.5. The highest BCUT2D eigenvalue weighted by Crippen LogP contribution is 2.13. The van der Waals surface area contributed by atoms with Crippen LogP contribution in [0.5, 0.6) is 5.75 Å². The first-order valence-corrected chi connectivity index (χ1v) is 6.16. The van der Waals surface area contributed by atoms with Gasteiger partial charge in [0.25, 0.3) is 0 Å². The smallest absolute Gasteiger partial charge is 0.307 e. The van der Waals surface area contributed by atoms with Crippen molar-refractivity contribution in [1.29, 1.82) is 0 Å². The normalized spacial score (nSPS) is 10.2. The van der Waals surface area contributed by atoms with Crippen LogP contribution in [0.25, 0.3) is 0 Å². The Hall–Kier alpha value is -1.51. The van der Waals surface area contributed by atoms with Gasteiger partial charge in [0.05, 0.1) is 13.0 Å². The molecule has 0 aliphatic carbocycles. The summed E-state index contributed by atoms with van der Waals surface area (Å²) in [4.78, 5) is 10.5. The molecule has 1 aromatic carbocycles. The van der Waals surface area contributed by atoms with E-state index in [2.05, 4.69) is 6.92 Å². The summed E-state index contributed by atoms with van der Waals surface area (Å²) in [7, 11) is 0. The molecule has 0 bridgehead atoms. The van der Waals surface area contributed by atoms with Crippen LogP contribution in [-0.4, -0.2) is 17.7 Å². The zero-order valence-corrected chi connectivity index (χ0v) is 10.3. The van der Waals surface area contributed by atoms with Gasteiger partial charge < -0.3 is 9.84 Å². The lowest BCUT2D eigenvalue weighted by atomic mass is 10.1. The van der Waals surface area contributed by atoms with E-state index in [0.29, 0.717) is 0 Å². The minimum absolute atomic E-state index is 0.0662. The summed E-state index contributed by atoms with van der Waals surface area (Å²) in [5.74, 6) is 0.00821. The summed E-state index contributed by atoms with van der Waals surface area (Å²) >= 11 is 0. The number of hydrogen-bond acceptors (Lipinski definition) is 2. The lowest BCUT2D eigenvalue weighted by Crippen LogP contribution is -2.00. The maximum Gasteiger partial charge on any atom is 0.307 e. The number of aliphatic carboxylic acids is 1. The van der Waals surface area contributed by atoms with E-state index in [1.165, 1.54) is 19.3 Å². The van der Waals surface area contributed by atoms with Crippen molar-refractivity contribution >= 4 is 5.97 Å². The maximum atomic E-state index is 10.5. The van der Waals surface area contributed by atoms with Crippen molar-refractivity contribution in [1.82, 2.24) is 0 Å². The number of ether oxygens (including phenoxy) is 1. The lowest BCUT2D eigenvalue weighted by molar-refractivity contribution is -0.136. The van der Waals surface area contributed by atoms with Crippen LogP contribution in [0.15, 0.2) is 24.3 Å². The van der Waals surface area contributed by atoms with E-state index >= 15 is 0 Å². The second kappa shape index (κ2) is 7.71. The van der Waals surface area contributed by atoms with Gasteiger partial charge in [-0.3, -0.25) is 4.79 Å². The van der Waals surface area contributed by atoms with Gasteiger partial charge in [-0.1, -0.05) is 38.3 Å². The number of carboxylic acids is 1. The second-order valence-corrected chi connectivity index (χ2v) is 4.12. The van der Waals surface area contributed by atoms with Gasteiger partial charge in [0.1, 0.15) is 5.75 Å². The van der Waals surface area contributed by atoms with E-state index in [9.17, 15) is 4.79 Å². The van der Waals surface area contributed by atoms with Gasteiger partial charge in [-0.15, -0.1) is 0 Å². The van der Waals surface area contributed by atoms with E-state index in [4.69, 9.17) is 9.84 Å². The standard InChI is InChI=1S/C14H20O3/c1-2-3-4-5-10-17-13-8-6-12(7-9-13)11-14(15)16/h6-9H,2-5,10-11H2,1H3,(H,15,16). The molecule has 0 unspecified atom stereocenters. The summed E-state index contributed by atoms with van der Waals surface area (Å²) in [6.07, 6.45) is 4.82. The number of hydrogen-bond donors (Lipinski definition) is 1. The third kappa shape index (κ3) is 5.95. The Kier molecular flexibility index (Phi) is 6.15. The quantitative estimate of drug-likeness (QED) is 0.705. The molecule has 0 atom stereocenters. The van der Waals surface area contributed by atoms with Crippen LogP contribution < -0.4 is 4.74 Å². The fraction of sp³-hybridized carbons (Fsp3) is 0.500. The van der Waals surface area contributed by atoms with Crippen molar-refractivity contribution in [2.75, 3.05) is 6.61 Å². The molecule has 0 saturated heterocycles. The SMILES string of the molecule is CCCCCCOc1ccc(CC(=O)O)cc1. The topological polar surface area (TPSA) is 46.5 Å². The molecular formula is C14H20O3. The summed E-state index contributed by atoms with van der Waals surface area (Å²) in [6, 6.07) is 7.27. The fourth-order valence-corrected chi connectivity index (χ4v) is 1.60. The molecule has 0 fully saturated rings. The number of benzene rings is 1. The van der Waals surface area contributed by atoms with Gasteiger partial charge in [0.2, 0.25) is 0 Å². The molecule has 0 heterocycles. The van der Waals surface area contributed by atoms with Gasteiger partial charge in [-0.05, 0) is 24.1 Å². The van der Waals surface area contributed by atoms with Crippen molar-refractivity contribution in [3.8, 4) is 5.75 Å². The third-order valence-electron chi connectivity index (χ3n) is 2.55.